The van der Waals surface area contributed by atoms with Crippen LogP contribution in [0.5, 0.6) is 0 Å². The van der Waals surface area contributed by atoms with Gasteiger partial charge in [-0.15, -0.1) is 0 Å². The van der Waals surface area contributed by atoms with Crippen molar-refractivity contribution in [3.63, 3.8) is 0 Å². The maximum Gasteiger partial charge on any atom is 0.249 e. The summed E-state index contributed by atoms with van der Waals surface area (Å²) >= 11 is 0. The van der Waals surface area contributed by atoms with Crippen LogP contribution in [0.15, 0.2) is 5.16 Å². The van der Waals surface area contributed by atoms with Gasteiger partial charge < -0.3 is 11.1 Å². The van der Waals surface area contributed by atoms with Gasteiger partial charge in [-0.1, -0.05) is 0 Å². The van der Waals surface area contributed by atoms with Gasteiger partial charge in [-0.25, -0.2) is 18.4 Å². The number of rotatable bonds is 1. The molecular formula is C8H12N4O2S. The van der Waals surface area contributed by atoms with Crippen molar-refractivity contribution in [2.24, 2.45) is 0 Å². The molecule has 2 rings (SSSR count). The molecule has 6 nitrogen and oxygen atoms in total. The van der Waals surface area contributed by atoms with Crippen LogP contribution in [0.25, 0.3) is 0 Å². The van der Waals surface area contributed by atoms with Gasteiger partial charge in [0.15, 0.2) is 0 Å². The van der Waals surface area contributed by atoms with Crippen molar-refractivity contribution < 1.29 is 8.42 Å². The summed E-state index contributed by atoms with van der Waals surface area (Å²) < 4.78 is 22.5. The van der Waals surface area contributed by atoms with Gasteiger partial charge in [0.2, 0.25) is 15.0 Å². The zero-order valence-corrected chi connectivity index (χ0v) is 9.13. The van der Waals surface area contributed by atoms with E-state index in [0.29, 0.717) is 12.2 Å². The van der Waals surface area contributed by atoms with E-state index in [0.717, 1.165) is 24.8 Å². The molecule has 0 fully saturated rings. The highest BCUT2D eigenvalue weighted by atomic mass is 32.2. The van der Waals surface area contributed by atoms with Gasteiger partial charge in [0.1, 0.15) is 5.82 Å². The first-order valence-electron chi connectivity index (χ1n) is 4.54. The summed E-state index contributed by atoms with van der Waals surface area (Å²) in [6.45, 7) is 1.36. The van der Waals surface area contributed by atoms with E-state index in [1.165, 1.54) is 0 Å². The topological polar surface area (TPSA) is 98.0 Å². The van der Waals surface area contributed by atoms with Crippen LogP contribution in [0.1, 0.15) is 11.3 Å². The Balaban J connectivity index is 2.60. The molecular weight excluding hydrogens is 216 g/mol. The first-order valence-corrected chi connectivity index (χ1v) is 6.43. The molecule has 0 bridgehead atoms. The normalized spacial score (nSPS) is 16.1. The summed E-state index contributed by atoms with van der Waals surface area (Å²) in [6.07, 6.45) is 1.82. The zero-order valence-electron chi connectivity index (χ0n) is 8.32. The Bertz CT molecular complexity index is 498. The van der Waals surface area contributed by atoms with Crippen LogP contribution < -0.4 is 11.1 Å². The number of nitrogen functional groups attached to an aromatic ring is 1. The van der Waals surface area contributed by atoms with E-state index in [-0.39, 0.29) is 11.0 Å². The molecule has 3 N–H and O–H groups in total. The molecule has 1 aromatic heterocycles. The molecule has 0 saturated carbocycles. The zero-order chi connectivity index (χ0) is 11.1. The fourth-order valence-corrected chi connectivity index (χ4v) is 2.07. The van der Waals surface area contributed by atoms with E-state index in [1.807, 2.05) is 0 Å². The molecule has 2 heterocycles. The number of nitrogens with one attached hydrogen (secondary N) is 1. The number of anilines is 1. The number of hydrogen-bond acceptors (Lipinski definition) is 6. The molecule has 7 heteroatoms. The van der Waals surface area contributed by atoms with Gasteiger partial charge in [0.25, 0.3) is 0 Å². The SMILES string of the molecule is CS(=O)(=O)c1nc(N)c2c(n1)CNCC2. The van der Waals surface area contributed by atoms with Crippen molar-refractivity contribution in [1.29, 1.82) is 0 Å². The van der Waals surface area contributed by atoms with Gasteiger partial charge in [-0.2, -0.15) is 0 Å². The summed E-state index contributed by atoms with van der Waals surface area (Å²) in [7, 11) is -3.39. The molecule has 15 heavy (non-hydrogen) atoms. The largest absolute Gasteiger partial charge is 0.383 e. The number of fused-ring (bicyclic) bond motifs is 1. The molecule has 0 atom stereocenters. The summed E-state index contributed by atoms with van der Waals surface area (Å²) in [4.78, 5) is 7.81. The number of nitrogens with two attached hydrogens (primary N) is 1. The second-order valence-electron chi connectivity index (χ2n) is 3.52. The first kappa shape index (κ1) is 10.3. The molecule has 0 aliphatic carbocycles. The smallest absolute Gasteiger partial charge is 0.249 e. The molecule has 1 aliphatic rings. The van der Waals surface area contributed by atoms with Crippen LogP contribution in [0, 0.1) is 0 Å². The Kier molecular flexibility index (Phi) is 2.35. The highest BCUT2D eigenvalue weighted by Crippen LogP contribution is 2.18. The third kappa shape index (κ3) is 1.93. The lowest BCUT2D eigenvalue weighted by atomic mass is 10.1. The van der Waals surface area contributed by atoms with Gasteiger partial charge >= 0.3 is 0 Å². The summed E-state index contributed by atoms with van der Waals surface area (Å²) in [5, 5.41) is 2.91. The second kappa shape index (κ2) is 3.42. The minimum atomic E-state index is -3.39. The minimum Gasteiger partial charge on any atom is -0.383 e. The lowest BCUT2D eigenvalue weighted by Gasteiger charge is -2.17. The van der Waals surface area contributed by atoms with Crippen molar-refractivity contribution in [1.82, 2.24) is 15.3 Å². The van der Waals surface area contributed by atoms with E-state index in [1.54, 1.807) is 0 Å². The van der Waals surface area contributed by atoms with Crippen LogP contribution in [-0.2, 0) is 22.8 Å². The van der Waals surface area contributed by atoms with Crippen LogP contribution in [0.4, 0.5) is 5.82 Å². The van der Waals surface area contributed by atoms with Crippen LogP contribution >= 0.6 is 0 Å². The molecule has 0 unspecified atom stereocenters. The Morgan fingerprint density at radius 3 is 2.80 bits per heavy atom. The van der Waals surface area contributed by atoms with Crippen LogP contribution in [-0.4, -0.2) is 31.2 Å². The van der Waals surface area contributed by atoms with Gasteiger partial charge in [0.05, 0.1) is 5.69 Å². The fourth-order valence-electron chi connectivity index (χ4n) is 1.53. The molecule has 0 aromatic carbocycles. The Morgan fingerprint density at radius 2 is 2.13 bits per heavy atom. The lowest BCUT2D eigenvalue weighted by Crippen LogP contribution is -2.27. The summed E-state index contributed by atoms with van der Waals surface area (Å²) in [6, 6.07) is 0. The van der Waals surface area contributed by atoms with E-state index in [9.17, 15) is 8.42 Å². The van der Waals surface area contributed by atoms with Crippen LogP contribution in [0.3, 0.4) is 0 Å². The van der Waals surface area contributed by atoms with Gasteiger partial charge in [-0.05, 0) is 13.0 Å². The number of nitrogens with zero attached hydrogens (tertiary/aromatic N) is 2. The van der Waals surface area contributed by atoms with E-state index >= 15 is 0 Å². The van der Waals surface area contributed by atoms with Crippen molar-refractivity contribution in [3.8, 4) is 0 Å². The molecule has 1 aliphatic heterocycles. The van der Waals surface area contributed by atoms with Crippen molar-refractivity contribution in [2.75, 3.05) is 18.5 Å². The predicted molar refractivity (Wildman–Crippen MR) is 55.0 cm³/mol. The first-order chi connectivity index (χ1) is 6.98. The predicted octanol–water partition coefficient (Wildman–Crippen LogP) is -0.892. The minimum absolute atomic E-state index is 0.192. The Labute approximate surface area is 87.8 Å². The Hall–Kier alpha value is -1.21. The van der Waals surface area contributed by atoms with Gasteiger partial charge in [0, 0.05) is 18.4 Å². The molecule has 0 amide bonds. The standard InChI is InChI=1S/C8H12N4O2S/c1-15(13,14)8-11-6-4-10-3-2-5(6)7(9)12-8/h10H,2-4H2,1H3,(H2,9,11,12). The third-order valence-corrected chi connectivity index (χ3v) is 3.13. The Morgan fingerprint density at radius 1 is 1.40 bits per heavy atom. The number of sulfone groups is 1. The second-order valence-corrected chi connectivity index (χ2v) is 5.43. The molecule has 1 aromatic rings. The monoisotopic (exact) mass is 228 g/mol. The number of hydrogen-bond donors (Lipinski definition) is 2. The van der Waals surface area contributed by atoms with Gasteiger partial charge in [-0.3, -0.25) is 0 Å². The molecule has 0 radical (unpaired) electrons. The van der Waals surface area contributed by atoms with Crippen molar-refractivity contribution in [3.05, 3.63) is 11.3 Å². The third-order valence-electron chi connectivity index (χ3n) is 2.28. The van der Waals surface area contributed by atoms with E-state index in [2.05, 4.69) is 15.3 Å². The lowest BCUT2D eigenvalue weighted by molar-refractivity contribution is 0.581. The summed E-state index contributed by atoms with van der Waals surface area (Å²) in [5.41, 5.74) is 7.25. The average Bonchev–Trinajstić information content (AvgIpc) is 2.16. The highest BCUT2D eigenvalue weighted by Gasteiger charge is 2.19. The van der Waals surface area contributed by atoms with E-state index in [4.69, 9.17) is 5.73 Å². The molecule has 0 spiro atoms. The van der Waals surface area contributed by atoms with E-state index < -0.39 is 9.84 Å². The van der Waals surface area contributed by atoms with Crippen molar-refractivity contribution in [2.45, 2.75) is 18.1 Å². The van der Waals surface area contributed by atoms with Crippen LogP contribution in [0.2, 0.25) is 0 Å². The average molecular weight is 228 g/mol. The number of aromatic nitrogens is 2. The maximum atomic E-state index is 11.3. The van der Waals surface area contributed by atoms with Crippen molar-refractivity contribution >= 4 is 15.7 Å². The quantitative estimate of drug-likeness (QED) is 0.605. The summed E-state index contributed by atoms with van der Waals surface area (Å²) in [5.74, 6) is 0.280. The fraction of sp³-hybridized carbons (Fsp3) is 0.500. The highest BCUT2D eigenvalue weighted by molar-refractivity contribution is 7.90. The molecule has 82 valence electrons. The maximum absolute atomic E-state index is 11.3. The molecule has 0 saturated heterocycles.